The number of carbonyl (C=O) groups excluding carboxylic acids is 2. The minimum Gasteiger partial charge on any atom is -0.464 e. The van der Waals surface area contributed by atoms with Gasteiger partial charge in [-0.2, -0.15) is 5.10 Å². The van der Waals surface area contributed by atoms with Crippen molar-refractivity contribution < 1.29 is 19.1 Å². The van der Waals surface area contributed by atoms with Crippen LogP contribution in [0.3, 0.4) is 0 Å². The van der Waals surface area contributed by atoms with Crippen molar-refractivity contribution in [2.24, 2.45) is 5.10 Å². The van der Waals surface area contributed by atoms with Crippen molar-refractivity contribution in [1.29, 1.82) is 0 Å². The van der Waals surface area contributed by atoms with Crippen LogP contribution < -0.4 is 9.91 Å². The molecule has 0 N–H and O–H groups in total. The van der Waals surface area contributed by atoms with E-state index in [1.54, 1.807) is 11.9 Å². The molecule has 1 spiro atoms. The summed E-state index contributed by atoms with van der Waals surface area (Å²) in [6.07, 6.45) is 0. The van der Waals surface area contributed by atoms with Gasteiger partial charge in [-0.05, 0) is 62.0 Å². The Bertz CT molecular complexity index is 1110. The lowest BCUT2D eigenvalue weighted by molar-refractivity contribution is -0.137. The van der Waals surface area contributed by atoms with Crippen molar-refractivity contribution in [2.45, 2.75) is 18.2 Å². The number of ether oxygens (including phenoxy) is 2. The van der Waals surface area contributed by atoms with E-state index in [0.29, 0.717) is 4.91 Å². The maximum absolute atomic E-state index is 12.8. The monoisotopic (exact) mass is 533 g/mol. The van der Waals surface area contributed by atoms with Crippen LogP contribution in [0, 0.1) is 0 Å². The van der Waals surface area contributed by atoms with Gasteiger partial charge in [0, 0.05) is 15.9 Å². The number of para-hydroxylation sites is 1. The lowest BCUT2D eigenvalue weighted by Crippen LogP contribution is -2.49. The molecule has 0 amide bonds. The molecule has 2 heterocycles. The molecule has 2 aromatic carbocycles. The molecular formula is C22H20BrN3O4S2. The smallest absolute Gasteiger partial charge is 0.365 e. The normalized spacial score (nSPS) is 20.1. The van der Waals surface area contributed by atoms with E-state index in [9.17, 15) is 9.59 Å². The predicted octanol–water partition coefficient (Wildman–Crippen LogP) is 5.15. The Labute approximate surface area is 202 Å². The molecule has 32 heavy (non-hydrogen) atoms. The van der Waals surface area contributed by atoms with Crippen molar-refractivity contribution in [3.63, 3.8) is 0 Å². The molecule has 0 aromatic heterocycles. The Kier molecular flexibility index (Phi) is 6.55. The average Bonchev–Trinajstić information content (AvgIpc) is 3.32. The average molecular weight is 534 g/mol. The minimum atomic E-state index is -0.995. The number of hydrazone groups is 1. The number of esters is 2. The van der Waals surface area contributed by atoms with Crippen LogP contribution in [0.4, 0.5) is 11.4 Å². The zero-order chi connectivity index (χ0) is 22.9. The van der Waals surface area contributed by atoms with Crippen LogP contribution in [0.25, 0.3) is 0 Å². The molecule has 7 nitrogen and oxygen atoms in total. The first-order chi connectivity index (χ1) is 15.4. The summed E-state index contributed by atoms with van der Waals surface area (Å²) in [6.45, 7) is 3.91. The standard InChI is InChI=1S/C22H20BrN3O4S2/c1-4-30-20(27)18-14(2)25(16-8-6-5-7-9-16)22(31-18)26(17-12-10-15(23)11-13-17)24-19(32-22)21(28)29-3/h5-13H,4H2,1-3H3/t22-/m1/s1. The Morgan fingerprint density at radius 3 is 2.34 bits per heavy atom. The van der Waals surface area contributed by atoms with E-state index >= 15 is 0 Å². The first kappa shape index (κ1) is 22.8. The van der Waals surface area contributed by atoms with Gasteiger partial charge >= 0.3 is 11.9 Å². The van der Waals surface area contributed by atoms with Gasteiger partial charge in [-0.3, -0.25) is 0 Å². The third-order valence-corrected chi connectivity index (χ3v) is 8.16. The summed E-state index contributed by atoms with van der Waals surface area (Å²) >= 11 is 6.00. The molecule has 166 valence electrons. The fourth-order valence-electron chi connectivity index (χ4n) is 3.41. The zero-order valence-electron chi connectivity index (χ0n) is 17.6. The van der Waals surface area contributed by atoms with Gasteiger partial charge in [-0.25, -0.2) is 14.6 Å². The summed E-state index contributed by atoms with van der Waals surface area (Å²) in [7, 11) is 1.32. The van der Waals surface area contributed by atoms with Crippen LogP contribution in [-0.4, -0.2) is 35.0 Å². The van der Waals surface area contributed by atoms with Gasteiger partial charge < -0.3 is 14.4 Å². The maximum Gasteiger partial charge on any atom is 0.365 e. The predicted molar refractivity (Wildman–Crippen MR) is 132 cm³/mol. The molecule has 2 aromatic rings. The van der Waals surface area contributed by atoms with Crippen LogP contribution in [0.5, 0.6) is 0 Å². The lowest BCUT2D eigenvalue weighted by atomic mass is 10.2. The molecule has 10 heteroatoms. The number of hydrogen-bond acceptors (Lipinski definition) is 9. The van der Waals surface area contributed by atoms with Crippen molar-refractivity contribution in [3.8, 4) is 0 Å². The van der Waals surface area contributed by atoms with E-state index in [1.807, 2.05) is 66.4 Å². The molecule has 0 aliphatic carbocycles. The molecule has 1 atom stereocenters. The van der Waals surface area contributed by atoms with E-state index in [1.165, 1.54) is 30.6 Å². The summed E-state index contributed by atoms with van der Waals surface area (Å²) < 4.78 is 10.2. The summed E-state index contributed by atoms with van der Waals surface area (Å²) in [5.74, 6) is -0.944. The number of rotatable bonds is 5. The molecule has 4 rings (SSSR count). The number of hydrogen-bond donors (Lipinski definition) is 0. The highest BCUT2D eigenvalue weighted by Crippen LogP contribution is 2.60. The van der Waals surface area contributed by atoms with Gasteiger partial charge in [0.15, 0.2) is 0 Å². The Balaban J connectivity index is 1.89. The molecule has 0 saturated carbocycles. The van der Waals surface area contributed by atoms with Crippen molar-refractivity contribution in [3.05, 3.63) is 69.7 Å². The molecule has 0 fully saturated rings. The number of thioether (sulfide) groups is 2. The zero-order valence-corrected chi connectivity index (χ0v) is 20.8. The van der Waals surface area contributed by atoms with Gasteiger partial charge in [-0.15, -0.1) is 0 Å². The van der Waals surface area contributed by atoms with Gasteiger partial charge in [0.2, 0.25) is 9.37 Å². The van der Waals surface area contributed by atoms with Crippen LogP contribution in [0.15, 0.2) is 74.8 Å². The van der Waals surface area contributed by atoms with Gasteiger partial charge in [-0.1, -0.05) is 45.9 Å². The molecule has 0 bridgehead atoms. The molecule has 0 saturated heterocycles. The van der Waals surface area contributed by atoms with Crippen LogP contribution in [0.1, 0.15) is 13.8 Å². The number of allylic oxidation sites excluding steroid dienone is 1. The molecule has 2 aliphatic heterocycles. The quantitative estimate of drug-likeness (QED) is 0.488. The molecule has 0 radical (unpaired) electrons. The summed E-state index contributed by atoms with van der Waals surface area (Å²) in [5, 5.41) is 6.58. The fraction of sp³-hybridized carbons (Fsp3) is 0.227. The minimum absolute atomic E-state index is 0.196. The van der Waals surface area contributed by atoms with E-state index in [-0.39, 0.29) is 11.7 Å². The Morgan fingerprint density at radius 1 is 1.03 bits per heavy atom. The van der Waals surface area contributed by atoms with E-state index in [2.05, 4.69) is 21.0 Å². The fourth-order valence-corrected chi connectivity index (χ4v) is 6.65. The number of anilines is 2. The summed E-state index contributed by atoms with van der Waals surface area (Å²) in [4.78, 5) is 27.8. The molecular weight excluding hydrogens is 514 g/mol. The molecule has 0 unspecified atom stereocenters. The number of carbonyl (C=O) groups is 2. The third-order valence-electron chi connectivity index (χ3n) is 4.78. The first-order valence-corrected chi connectivity index (χ1v) is 12.2. The highest BCUT2D eigenvalue weighted by Gasteiger charge is 2.58. The van der Waals surface area contributed by atoms with Crippen LogP contribution >= 0.6 is 39.5 Å². The summed E-state index contributed by atoms with van der Waals surface area (Å²) in [6, 6.07) is 17.3. The van der Waals surface area contributed by atoms with E-state index in [4.69, 9.17) is 9.47 Å². The topological polar surface area (TPSA) is 71.4 Å². The number of nitrogens with zero attached hydrogens (tertiary/aromatic N) is 3. The second-order valence-electron chi connectivity index (χ2n) is 6.74. The molecule has 2 aliphatic rings. The number of halogens is 1. The largest absolute Gasteiger partial charge is 0.464 e. The second-order valence-corrected chi connectivity index (χ2v) is 10.3. The maximum atomic E-state index is 12.8. The SMILES string of the molecule is CCOC(=O)C1=C(C)N(c2ccccc2)[C@]2(SC(C(=O)OC)=NN2c2ccc(Br)cc2)S1. The highest BCUT2D eigenvalue weighted by atomic mass is 79.9. The number of methoxy groups -OCH3 is 1. The lowest BCUT2D eigenvalue weighted by Gasteiger charge is -2.41. The van der Waals surface area contributed by atoms with Gasteiger partial charge in [0.1, 0.15) is 4.91 Å². The van der Waals surface area contributed by atoms with E-state index < -0.39 is 16.3 Å². The third kappa shape index (κ3) is 3.91. The van der Waals surface area contributed by atoms with Crippen molar-refractivity contribution >= 4 is 67.8 Å². The first-order valence-electron chi connectivity index (χ1n) is 9.75. The van der Waals surface area contributed by atoms with Crippen molar-refractivity contribution in [1.82, 2.24) is 0 Å². The van der Waals surface area contributed by atoms with Crippen LogP contribution in [-0.2, 0) is 19.1 Å². The Morgan fingerprint density at radius 2 is 1.72 bits per heavy atom. The van der Waals surface area contributed by atoms with Crippen molar-refractivity contribution in [2.75, 3.05) is 23.6 Å². The summed E-state index contributed by atoms with van der Waals surface area (Å²) in [5.41, 5.74) is 2.33. The number of benzene rings is 2. The Hall–Kier alpha value is -2.43. The van der Waals surface area contributed by atoms with Gasteiger partial charge in [0.05, 0.1) is 19.4 Å². The second kappa shape index (κ2) is 9.21. The highest BCUT2D eigenvalue weighted by molar-refractivity contribution is 9.10. The van der Waals surface area contributed by atoms with Gasteiger partial charge in [0.25, 0.3) is 0 Å². The van der Waals surface area contributed by atoms with Crippen LogP contribution in [0.2, 0.25) is 0 Å². The van der Waals surface area contributed by atoms with E-state index in [0.717, 1.165) is 21.5 Å².